The van der Waals surface area contributed by atoms with Crippen LogP contribution in [0.1, 0.15) is 71.4 Å². The Balaban J connectivity index is 1.57. The maximum atomic E-state index is 13.6. The van der Waals surface area contributed by atoms with Gasteiger partial charge >= 0.3 is 0 Å². The molecule has 272 valence electrons. The Bertz CT molecular complexity index is 1940. The van der Waals surface area contributed by atoms with Gasteiger partial charge in [-0.3, -0.25) is 9.59 Å². The number of ketones is 2. The Kier molecular flexibility index (Phi) is 12.7. The Labute approximate surface area is 317 Å². The van der Waals surface area contributed by atoms with Crippen LogP contribution in [0.15, 0.2) is 118 Å². The molecule has 0 radical (unpaired) electrons. The lowest BCUT2D eigenvalue weighted by Crippen LogP contribution is -2.25. The second kappa shape index (κ2) is 16.9. The van der Waals surface area contributed by atoms with E-state index in [4.69, 9.17) is 9.47 Å². The van der Waals surface area contributed by atoms with Crippen molar-refractivity contribution in [1.82, 2.24) is 0 Å². The molecular formula is C45H51O5S2+. The largest absolute Gasteiger partial charge is 0.506 e. The SMILES string of the molecule is CC(C)COCC(C)(C)C1=C/C(=C/C2=C(O)C(=C\c3cc(-c4ccccc4)[s+]c(C(C)(C)COCC(C)C)c3)/C(=O)C2=O)C=C(c2ccccc2)S1. The van der Waals surface area contributed by atoms with Gasteiger partial charge in [0.1, 0.15) is 5.76 Å². The van der Waals surface area contributed by atoms with E-state index in [0.717, 1.165) is 41.8 Å². The zero-order valence-corrected chi connectivity index (χ0v) is 33.3. The van der Waals surface area contributed by atoms with E-state index in [1.165, 1.54) is 0 Å². The predicted octanol–water partition coefficient (Wildman–Crippen LogP) is 11.3. The first-order valence-corrected chi connectivity index (χ1v) is 19.6. The van der Waals surface area contributed by atoms with Gasteiger partial charge in [-0.05, 0) is 83.7 Å². The van der Waals surface area contributed by atoms with Crippen molar-refractivity contribution >= 4 is 45.6 Å². The van der Waals surface area contributed by atoms with Crippen LogP contribution >= 0.6 is 23.1 Å². The number of thioether (sulfide) groups is 1. The number of carbonyl (C=O) groups excluding carboxylic acids is 2. The number of allylic oxidation sites excluding steroid dienone is 6. The molecule has 7 heteroatoms. The van der Waals surface area contributed by atoms with Crippen molar-refractivity contribution in [1.29, 1.82) is 0 Å². The fourth-order valence-corrected chi connectivity index (χ4v) is 8.25. The number of ether oxygens (including phenoxy) is 2. The lowest BCUT2D eigenvalue weighted by atomic mass is 9.91. The van der Waals surface area contributed by atoms with Crippen LogP contribution < -0.4 is 0 Å². The molecule has 2 heterocycles. The number of benzene rings is 2. The number of hydrogen-bond donors (Lipinski definition) is 1. The monoisotopic (exact) mass is 735 g/mol. The van der Waals surface area contributed by atoms with Crippen LogP contribution in [0.3, 0.4) is 0 Å². The number of hydrogen-bond acceptors (Lipinski definition) is 6. The van der Waals surface area contributed by atoms with Crippen molar-refractivity contribution in [2.24, 2.45) is 17.3 Å². The molecule has 0 spiro atoms. The number of aliphatic hydroxyl groups is 1. The highest BCUT2D eigenvalue weighted by Crippen LogP contribution is 2.47. The zero-order chi connectivity index (χ0) is 37.6. The molecule has 2 aliphatic rings. The summed E-state index contributed by atoms with van der Waals surface area (Å²) < 4.78 is 12.2. The van der Waals surface area contributed by atoms with Crippen molar-refractivity contribution in [3.63, 3.8) is 0 Å². The fraction of sp³-hybridized carbons (Fsp3) is 0.356. The van der Waals surface area contributed by atoms with Gasteiger partial charge < -0.3 is 14.6 Å². The van der Waals surface area contributed by atoms with E-state index in [0.29, 0.717) is 38.3 Å². The molecule has 52 heavy (non-hydrogen) atoms. The average Bonchev–Trinajstić information content (AvgIpc) is 3.30. The Morgan fingerprint density at radius 1 is 0.750 bits per heavy atom. The minimum atomic E-state index is -0.719. The van der Waals surface area contributed by atoms with Gasteiger partial charge in [0, 0.05) is 41.2 Å². The van der Waals surface area contributed by atoms with E-state index < -0.39 is 11.6 Å². The Hall–Kier alpha value is -3.88. The molecule has 0 saturated carbocycles. The summed E-state index contributed by atoms with van der Waals surface area (Å²) in [6, 6.07) is 24.2. The fourth-order valence-electron chi connectivity index (χ4n) is 5.81. The number of Topliss-reactive ketones (excluding diaryl/α,β-unsaturated/α-hetero) is 2. The van der Waals surface area contributed by atoms with E-state index in [1.807, 2.05) is 60.7 Å². The maximum Gasteiger partial charge on any atom is 0.238 e. The summed E-state index contributed by atoms with van der Waals surface area (Å²) in [6.07, 6.45) is 7.34. The van der Waals surface area contributed by atoms with Crippen LogP contribution in [0.5, 0.6) is 0 Å². The molecule has 5 rings (SSSR count). The highest BCUT2D eigenvalue weighted by molar-refractivity contribution is 8.11. The van der Waals surface area contributed by atoms with Crippen molar-refractivity contribution in [3.8, 4) is 10.4 Å². The molecule has 5 nitrogen and oxygen atoms in total. The number of carbonyl (C=O) groups is 2. The molecular weight excluding hydrogens is 685 g/mol. The first-order valence-electron chi connectivity index (χ1n) is 18.0. The van der Waals surface area contributed by atoms with Gasteiger partial charge in [-0.15, -0.1) is 0 Å². The van der Waals surface area contributed by atoms with Gasteiger partial charge in [0.2, 0.25) is 32.7 Å². The first kappa shape index (κ1) is 39.3. The second-order valence-corrected chi connectivity index (χ2v) is 17.8. The van der Waals surface area contributed by atoms with E-state index in [9.17, 15) is 14.7 Å². The normalized spacial score (nSPS) is 17.2. The summed E-state index contributed by atoms with van der Waals surface area (Å²) in [4.78, 5) is 31.3. The standard InChI is InChI=1S/C45H50O5S2/c1-29(2)25-49-27-44(5,6)39-23-31(21-37(51-39)33-15-11-9-12-16-33)19-35-41(46)36(43(48)42(35)47)20-32-22-38(34-17-13-10-14-18-34)52-40(24-32)45(7,8)28-50-26-30(3)4/h9-24,29-30H,25-28H2,1-8H3/p+1. The third-order valence-corrected chi connectivity index (χ3v) is 11.7. The Morgan fingerprint density at radius 3 is 1.92 bits per heavy atom. The average molecular weight is 736 g/mol. The molecule has 1 N–H and O–H groups in total. The molecule has 0 atom stereocenters. The van der Waals surface area contributed by atoms with Crippen LogP contribution in [-0.4, -0.2) is 43.1 Å². The Morgan fingerprint density at radius 2 is 1.33 bits per heavy atom. The quantitative estimate of drug-likeness (QED) is 0.101. The van der Waals surface area contributed by atoms with E-state index in [-0.39, 0.29) is 27.7 Å². The topological polar surface area (TPSA) is 72.8 Å². The van der Waals surface area contributed by atoms with Crippen LogP contribution in [0, 0.1) is 17.3 Å². The minimum Gasteiger partial charge on any atom is -0.506 e. The van der Waals surface area contributed by atoms with Crippen molar-refractivity contribution in [3.05, 3.63) is 134 Å². The lowest BCUT2D eigenvalue weighted by Gasteiger charge is -2.31. The maximum absolute atomic E-state index is 13.6. The van der Waals surface area contributed by atoms with Crippen LogP contribution in [0.4, 0.5) is 0 Å². The van der Waals surface area contributed by atoms with Crippen LogP contribution in [0.2, 0.25) is 0 Å². The van der Waals surface area contributed by atoms with Gasteiger partial charge in [-0.25, -0.2) is 0 Å². The summed E-state index contributed by atoms with van der Waals surface area (Å²) in [5.74, 6) is -0.901. The van der Waals surface area contributed by atoms with Gasteiger partial charge in [0.15, 0.2) is 0 Å². The molecule has 0 amide bonds. The zero-order valence-electron chi connectivity index (χ0n) is 31.6. The molecule has 1 aliphatic heterocycles. The smallest absolute Gasteiger partial charge is 0.238 e. The molecule has 0 saturated heterocycles. The van der Waals surface area contributed by atoms with Crippen molar-refractivity contribution in [2.75, 3.05) is 26.4 Å². The third-order valence-electron chi connectivity index (χ3n) is 8.74. The second-order valence-electron chi connectivity index (χ2n) is 15.7. The van der Waals surface area contributed by atoms with Gasteiger partial charge in [0.05, 0.1) is 29.8 Å². The number of aliphatic hydroxyl groups excluding tert-OH is 1. The van der Waals surface area contributed by atoms with E-state index in [1.54, 1.807) is 35.3 Å². The molecule has 1 aliphatic carbocycles. The highest BCUT2D eigenvalue weighted by atomic mass is 32.2. The molecule has 2 aromatic carbocycles. The van der Waals surface area contributed by atoms with Gasteiger partial charge in [-0.1, -0.05) is 102 Å². The summed E-state index contributed by atoms with van der Waals surface area (Å²) >= 11 is 3.35. The molecule has 3 aromatic rings. The lowest BCUT2D eigenvalue weighted by molar-refractivity contribution is -0.131. The molecule has 0 unspecified atom stereocenters. The minimum absolute atomic E-state index is 0.00376. The number of rotatable bonds is 14. The van der Waals surface area contributed by atoms with E-state index in [2.05, 4.69) is 79.7 Å². The highest BCUT2D eigenvalue weighted by Gasteiger charge is 2.37. The van der Waals surface area contributed by atoms with Crippen molar-refractivity contribution in [2.45, 2.75) is 60.8 Å². The van der Waals surface area contributed by atoms with E-state index >= 15 is 0 Å². The summed E-state index contributed by atoms with van der Waals surface area (Å²) in [5, 5.41) is 11.6. The molecule has 1 aromatic heterocycles. The predicted molar refractivity (Wildman–Crippen MR) is 218 cm³/mol. The molecule has 0 bridgehead atoms. The van der Waals surface area contributed by atoms with Gasteiger partial charge in [-0.2, -0.15) is 0 Å². The van der Waals surface area contributed by atoms with Crippen LogP contribution in [-0.2, 0) is 24.5 Å². The third kappa shape index (κ3) is 9.75. The van der Waals surface area contributed by atoms with Crippen LogP contribution in [0.25, 0.3) is 21.4 Å². The van der Waals surface area contributed by atoms with Crippen molar-refractivity contribution < 1.29 is 24.2 Å². The summed E-state index contributed by atoms with van der Waals surface area (Å²) in [5.41, 5.74) is 2.90. The summed E-state index contributed by atoms with van der Waals surface area (Å²) in [7, 11) is 0. The van der Waals surface area contributed by atoms with Gasteiger partial charge in [0.25, 0.3) is 0 Å². The first-order chi connectivity index (χ1) is 24.6. The summed E-state index contributed by atoms with van der Waals surface area (Å²) in [6.45, 7) is 19.5. The molecule has 0 fully saturated rings.